The van der Waals surface area contributed by atoms with Crippen LogP contribution in [0.2, 0.25) is 0 Å². The highest BCUT2D eigenvalue weighted by molar-refractivity contribution is 5.98. The molecule has 0 fully saturated rings. The van der Waals surface area contributed by atoms with Crippen LogP contribution in [0.5, 0.6) is 0 Å². The minimum Gasteiger partial charge on any atom is -0.478 e. The fourth-order valence-electron chi connectivity index (χ4n) is 2.27. The molecule has 0 aromatic heterocycles. The van der Waals surface area contributed by atoms with E-state index in [1.165, 1.54) is 26.0 Å². The van der Waals surface area contributed by atoms with E-state index < -0.39 is 11.9 Å². The van der Waals surface area contributed by atoms with Crippen molar-refractivity contribution < 1.29 is 24.6 Å². The fourth-order valence-corrected chi connectivity index (χ4v) is 2.27. The van der Waals surface area contributed by atoms with Crippen molar-refractivity contribution in [2.45, 2.75) is 13.8 Å². The molecule has 2 aromatic carbocycles. The smallest absolute Gasteiger partial charge is 0.335 e. The van der Waals surface area contributed by atoms with Gasteiger partial charge < -0.3 is 15.5 Å². The summed E-state index contributed by atoms with van der Waals surface area (Å²) < 4.78 is 0. The molecule has 0 aliphatic heterocycles. The first-order chi connectivity index (χ1) is 10.8. The number of carboxylic acid groups (broad SMARTS) is 2. The Morgan fingerprint density at radius 1 is 0.870 bits per heavy atom. The summed E-state index contributed by atoms with van der Waals surface area (Å²) in [5.41, 5.74) is 1.86. The minimum atomic E-state index is -1.18. The normalized spacial score (nSPS) is 10.2. The molecule has 118 valence electrons. The SMILES string of the molecule is CC(=O)Nc1ccc(-c2cc(C(=O)O)c(C)c(C(=O)O)c2)cc1. The summed E-state index contributed by atoms with van der Waals surface area (Å²) in [7, 11) is 0. The van der Waals surface area contributed by atoms with E-state index in [2.05, 4.69) is 5.32 Å². The van der Waals surface area contributed by atoms with Gasteiger partial charge in [-0.1, -0.05) is 12.1 Å². The predicted molar refractivity (Wildman–Crippen MR) is 84.8 cm³/mol. The number of hydrogen-bond donors (Lipinski definition) is 3. The Hall–Kier alpha value is -3.15. The Bertz CT molecular complexity index is 758. The lowest BCUT2D eigenvalue weighted by atomic mass is 9.95. The van der Waals surface area contributed by atoms with Crippen LogP contribution < -0.4 is 5.32 Å². The molecule has 0 atom stereocenters. The maximum absolute atomic E-state index is 11.3. The number of benzene rings is 2. The average molecular weight is 313 g/mol. The Labute approximate surface area is 132 Å². The van der Waals surface area contributed by atoms with Crippen LogP contribution in [0, 0.1) is 6.92 Å². The highest BCUT2D eigenvalue weighted by atomic mass is 16.4. The molecule has 3 N–H and O–H groups in total. The second-order valence-electron chi connectivity index (χ2n) is 5.07. The van der Waals surface area contributed by atoms with E-state index in [1.807, 2.05) is 0 Å². The summed E-state index contributed by atoms with van der Waals surface area (Å²) in [6.07, 6.45) is 0. The zero-order valence-corrected chi connectivity index (χ0v) is 12.6. The van der Waals surface area contributed by atoms with Crippen LogP contribution in [0.1, 0.15) is 33.2 Å². The summed E-state index contributed by atoms with van der Waals surface area (Å²) in [5, 5.41) is 21.1. The molecule has 6 heteroatoms. The van der Waals surface area contributed by atoms with Gasteiger partial charge in [-0.2, -0.15) is 0 Å². The first-order valence-corrected chi connectivity index (χ1v) is 6.79. The number of rotatable bonds is 4. The quantitative estimate of drug-likeness (QED) is 0.805. The highest BCUT2D eigenvalue weighted by Gasteiger charge is 2.17. The van der Waals surface area contributed by atoms with Crippen molar-refractivity contribution in [3.8, 4) is 11.1 Å². The van der Waals surface area contributed by atoms with E-state index in [0.29, 0.717) is 16.8 Å². The first kappa shape index (κ1) is 16.2. The molecule has 0 saturated carbocycles. The van der Waals surface area contributed by atoms with Crippen molar-refractivity contribution in [3.63, 3.8) is 0 Å². The Balaban J connectivity index is 2.52. The standard InChI is InChI=1S/C17H15NO5/c1-9-14(16(20)21)7-12(8-15(9)17(22)23)11-3-5-13(6-4-11)18-10(2)19/h3-8H,1-2H3,(H,18,19)(H,20,21)(H,22,23). The molecule has 0 heterocycles. The lowest BCUT2D eigenvalue weighted by Gasteiger charge is -2.10. The van der Waals surface area contributed by atoms with Gasteiger partial charge in [-0.3, -0.25) is 4.79 Å². The topological polar surface area (TPSA) is 104 Å². The number of carboxylic acids is 2. The van der Waals surface area contributed by atoms with E-state index in [1.54, 1.807) is 24.3 Å². The van der Waals surface area contributed by atoms with Gasteiger partial charge in [0, 0.05) is 12.6 Å². The molecule has 1 amide bonds. The number of anilines is 1. The summed E-state index contributed by atoms with van der Waals surface area (Å²) in [5.74, 6) is -2.56. The molecular weight excluding hydrogens is 298 g/mol. The summed E-state index contributed by atoms with van der Waals surface area (Å²) in [6.45, 7) is 2.86. The number of carbonyl (C=O) groups is 3. The number of amides is 1. The molecule has 0 unspecified atom stereocenters. The van der Waals surface area contributed by atoms with Crippen LogP contribution in [0.3, 0.4) is 0 Å². The summed E-state index contributed by atoms with van der Waals surface area (Å²) in [6, 6.07) is 9.59. The van der Waals surface area contributed by atoms with Gasteiger partial charge in [0.25, 0.3) is 0 Å². The van der Waals surface area contributed by atoms with Crippen LogP contribution in [0.15, 0.2) is 36.4 Å². The van der Waals surface area contributed by atoms with Crippen molar-refractivity contribution in [2.24, 2.45) is 0 Å². The minimum absolute atomic E-state index is 0.0502. The Morgan fingerprint density at radius 3 is 1.74 bits per heavy atom. The van der Waals surface area contributed by atoms with Gasteiger partial charge >= 0.3 is 11.9 Å². The highest BCUT2D eigenvalue weighted by Crippen LogP contribution is 2.27. The molecule has 2 rings (SSSR count). The second-order valence-corrected chi connectivity index (χ2v) is 5.07. The summed E-state index contributed by atoms with van der Waals surface area (Å²) >= 11 is 0. The number of carbonyl (C=O) groups excluding carboxylic acids is 1. The average Bonchev–Trinajstić information content (AvgIpc) is 2.47. The van der Waals surface area contributed by atoms with Crippen LogP contribution in [0.25, 0.3) is 11.1 Å². The third-order valence-electron chi connectivity index (χ3n) is 3.41. The van der Waals surface area contributed by atoms with Crippen molar-refractivity contribution in [2.75, 3.05) is 5.32 Å². The Kier molecular flexibility index (Phi) is 4.45. The third kappa shape index (κ3) is 3.55. The van der Waals surface area contributed by atoms with Crippen LogP contribution in [-0.4, -0.2) is 28.1 Å². The molecule has 0 bridgehead atoms. The van der Waals surface area contributed by atoms with E-state index >= 15 is 0 Å². The summed E-state index contributed by atoms with van der Waals surface area (Å²) in [4.78, 5) is 33.6. The molecule has 0 saturated heterocycles. The number of hydrogen-bond acceptors (Lipinski definition) is 3. The van der Waals surface area contributed by atoms with Crippen molar-refractivity contribution in [1.29, 1.82) is 0 Å². The zero-order chi connectivity index (χ0) is 17.1. The van der Waals surface area contributed by atoms with Gasteiger partial charge in [-0.15, -0.1) is 0 Å². The molecule has 0 aliphatic rings. The predicted octanol–water partition coefficient (Wildman–Crippen LogP) is 3.02. The van der Waals surface area contributed by atoms with Gasteiger partial charge in [0.15, 0.2) is 0 Å². The fraction of sp³-hybridized carbons (Fsp3) is 0.118. The lowest BCUT2D eigenvalue weighted by molar-refractivity contribution is -0.114. The molecule has 2 aromatic rings. The maximum atomic E-state index is 11.3. The van der Waals surface area contributed by atoms with E-state index in [0.717, 1.165) is 0 Å². The van der Waals surface area contributed by atoms with E-state index in [4.69, 9.17) is 0 Å². The third-order valence-corrected chi connectivity index (χ3v) is 3.41. The maximum Gasteiger partial charge on any atom is 0.335 e. The molecular formula is C17H15NO5. The molecule has 0 radical (unpaired) electrons. The molecule has 23 heavy (non-hydrogen) atoms. The van der Waals surface area contributed by atoms with Gasteiger partial charge in [0.05, 0.1) is 11.1 Å². The molecule has 0 spiro atoms. The van der Waals surface area contributed by atoms with Crippen molar-refractivity contribution in [1.82, 2.24) is 0 Å². The first-order valence-electron chi connectivity index (χ1n) is 6.79. The monoisotopic (exact) mass is 313 g/mol. The van der Waals surface area contributed by atoms with Gasteiger partial charge in [-0.25, -0.2) is 9.59 Å². The number of aromatic carboxylic acids is 2. The largest absolute Gasteiger partial charge is 0.478 e. The van der Waals surface area contributed by atoms with Crippen molar-refractivity contribution >= 4 is 23.5 Å². The van der Waals surface area contributed by atoms with E-state index in [9.17, 15) is 24.6 Å². The van der Waals surface area contributed by atoms with Gasteiger partial charge in [0.1, 0.15) is 0 Å². The Morgan fingerprint density at radius 2 is 1.35 bits per heavy atom. The van der Waals surface area contributed by atoms with Crippen LogP contribution in [0.4, 0.5) is 5.69 Å². The zero-order valence-electron chi connectivity index (χ0n) is 12.6. The lowest BCUT2D eigenvalue weighted by Crippen LogP contribution is -2.08. The van der Waals surface area contributed by atoms with Crippen LogP contribution in [-0.2, 0) is 4.79 Å². The van der Waals surface area contributed by atoms with E-state index in [-0.39, 0.29) is 22.6 Å². The van der Waals surface area contributed by atoms with Gasteiger partial charge in [-0.05, 0) is 47.9 Å². The van der Waals surface area contributed by atoms with Crippen LogP contribution >= 0.6 is 0 Å². The number of nitrogens with one attached hydrogen (secondary N) is 1. The second kappa shape index (κ2) is 6.31. The van der Waals surface area contributed by atoms with Gasteiger partial charge in [0.2, 0.25) is 5.91 Å². The van der Waals surface area contributed by atoms with Crippen molar-refractivity contribution in [3.05, 3.63) is 53.1 Å². The molecule has 6 nitrogen and oxygen atoms in total. The molecule has 0 aliphatic carbocycles.